The lowest BCUT2D eigenvalue weighted by Crippen LogP contribution is -2.02. The van der Waals surface area contributed by atoms with E-state index in [1.54, 1.807) is 12.4 Å². The number of pyridine rings is 2. The molecule has 0 amide bonds. The fraction of sp³-hybridized carbons (Fsp3) is 0.0333. The Hall–Kier alpha value is -9.14. The van der Waals surface area contributed by atoms with Crippen molar-refractivity contribution in [3.05, 3.63) is 230 Å². The first-order valence-electron chi connectivity index (χ1n) is 22.5. The maximum atomic E-state index is 5.19. The smallest absolute Gasteiger partial charge is 0.164 e. The third-order valence-corrected chi connectivity index (χ3v) is 11.8. The molecule has 7 aromatic carbocycles. The zero-order chi connectivity index (χ0) is 45.8. The van der Waals surface area contributed by atoms with Gasteiger partial charge in [0.05, 0.1) is 0 Å². The Kier molecular flexibility index (Phi) is 11.2. The highest BCUT2D eigenvalue weighted by molar-refractivity contribution is 5.99. The summed E-state index contributed by atoms with van der Waals surface area (Å²) in [5, 5.41) is 0. The van der Waals surface area contributed by atoms with Crippen molar-refractivity contribution in [1.29, 1.82) is 0 Å². The zero-order valence-corrected chi connectivity index (χ0v) is 37.4. The van der Waals surface area contributed by atoms with Crippen LogP contribution in [-0.2, 0) is 0 Å². The van der Waals surface area contributed by atoms with E-state index in [-0.39, 0.29) is 0 Å². The van der Waals surface area contributed by atoms with Crippen LogP contribution < -0.4 is 0 Å². The number of aryl methyl sites for hydroxylation is 2. The molecule has 0 N–H and O–H groups in total. The molecule has 8 heteroatoms. The lowest BCUT2D eigenvalue weighted by atomic mass is 9.85. The van der Waals surface area contributed by atoms with E-state index in [2.05, 4.69) is 89.9 Å². The minimum Gasteiger partial charge on any atom is -0.265 e. The van der Waals surface area contributed by atoms with Gasteiger partial charge in [-0.15, -0.1) is 0 Å². The van der Waals surface area contributed by atoms with Crippen molar-refractivity contribution in [3.8, 4) is 113 Å². The van der Waals surface area contributed by atoms with Gasteiger partial charge in [-0.2, -0.15) is 0 Å². The third-order valence-electron chi connectivity index (χ3n) is 11.8. The van der Waals surface area contributed by atoms with Gasteiger partial charge in [0.1, 0.15) is 0 Å². The van der Waals surface area contributed by atoms with Gasteiger partial charge in [0, 0.05) is 57.2 Å². The molecule has 11 rings (SSSR count). The quantitative estimate of drug-likeness (QED) is 0.134. The SMILES string of the molecule is Cc1cc(-c2cccc(-c3ccc(-c4nc(-c5ccccc5)nc(-c5cccc(-c6ccncc6)c5)n4)cc3)c2-c2ccccc2-c2nc(-c3ccccc3)nc(-c3ccccc3)n2)cc(C)n1. The molecule has 0 fully saturated rings. The van der Waals surface area contributed by atoms with Gasteiger partial charge in [0.2, 0.25) is 0 Å². The van der Waals surface area contributed by atoms with Crippen molar-refractivity contribution in [2.45, 2.75) is 13.8 Å². The fourth-order valence-electron chi connectivity index (χ4n) is 8.67. The molecular formula is C60H42N8. The molecule has 11 aromatic rings. The minimum absolute atomic E-state index is 0.579. The number of rotatable bonds is 10. The van der Waals surface area contributed by atoms with Crippen LogP contribution in [0.15, 0.2) is 219 Å². The molecule has 0 spiro atoms. The Labute approximate surface area is 394 Å². The van der Waals surface area contributed by atoms with Crippen LogP contribution in [0.5, 0.6) is 0 Å². The Morgan fingerprint density at radius 1 is 0.235 bits per heavy atom. The number of benzene rings is 7. The number of hydrogen-bond acceptors (Lipinski definition) is 8. The lowest BCUT2D eigenvalue weighted by molar-refractivity contribution is 1.07. The highest BCUT2D eigenvalue weighted by Crippen LogP contribution is 2.44. The molecular weight excluding hydrogens is 833 g/mol. The second kappa shape index (κ2) is 18.4. The Bertz CT molecular complexity index is 3490. The molecule has 0 aliphatic heterocycles. The van der Waals surface area contributed by atoms with E-state index in [9.17, 15) is 0 Å². The summed E-state index contributed by atoms with van der Waals surface area (Å²) in [6.45, 7) is 4.09. The molecule has 0 unspecified atom stereocenters. The summed E-state index contributed by atoms with van der Waals surface area (Å²) in [5.41, 5.74) is 15.6. The van der Waals surface area contributed by atoms with Gasteiger partial charge in [-0.05, 0) is 88.7 Å². The van der Waals surface area contributed by atoms with Crippen molar-refractivity contribution in [2.75, 3.05) is 0 Å². The van der Waals surface area contributed by atoms with Crippen molar-refractivity contribution >= 4 is 0 Å². The van der Waals surface area contributed by atoms with Crippen LogP contribution in [-0.4, -0.2) is 39.9 Å². The van der Waals surface area contributed by atoms with Gasteiger partial charge in [-0.1, -0.05) is 176 Å². The molecule has 0 aliphatic carbocycles. The second-order valence-corrected chi connectivity index (χ2v) is 16.5. The van der Waals surface area contributed by atoms with Gasteiger partial charge < -0.3 is 0 Å². The van der Waals surface area contributed by atoms with E-state index in [1.165, 1.54) is 0 Å². The zero-order valence-electron chi connectivity index (χ0n) is 37.4. The number of aromatic nitrogens is 8. The topological polar surface area (TPSA) is 103 Å². The summed E-state index contributed by atoms with van der Waals surface area (Å²) >= 11 is 0. The third kappa shape index (κ3) is 8.57. The molecule has 0 atom stereocenters. The van der Waals surface area contributed by atoms with Crippen LogP contribution in [0.2, 0.25) is 0 Å². The van der Waals surface area contributed by atoms with Crippen LogP contribution in [0.25, 0.3) is 113 Å². The largest absolute Gasteiger partial charge is 0.265 e. The predicted octanol–water partition coefficient (Wildman–Crippen LogP) is 14.1. The lowest BCUT2D eigenvalue weighted by Gasteiger charge is -2.19. The van der Waals surface area contributed by atoms with Gasteiger partial charge in [-0.3, -0.25) is 9.97 Å². The number of nitrogens with zero attached hydrogens (tertiary/aromatic N) is 8. The summed E-state index contributed by atoms with van der Waals surface area (Å²) in [5.74, 6) is 3.56. The number of hydrogen-bond donors (Lipinski definition) is 0. The van der Waals surface area contributed by atoms with Gasteiger partial charge in [0.25, 0.3) is 0 Å². The first-order valence-corrected chi connectivity index (χ1v) is 22.5. The van der Waals surface area contributed by atoms with E-state index >= 15 is 0 Å². The summed E-state index contributed by atoms with van der Waals surface area (Å²) in [6, 6.07) is 70.2. The normalized spacial score (nSPS) is 11.1. The summed E-state index contributed by atoms with van der Waals surface area (Å²) < 4.78 is 0. The molecule has 4 aromatic heterocycles. The monoisotopic (exact) mass is 874 g/mol. The summed E-state index contributed by atoms with van der Waals surface area (Å²) in [6.07, 6.45) is 3.61. The predicted molar refractivity (Wildman–Crippen MR) is 273 cm³/mol. The maximum absolute atomic E-state index is 5.19. The van der Waals surface area contributed by atoms with Crippen molar-refractivity contribution in [2.24, 2.45) is 0 Å². The molecule has 4 heterocycles. The van der Waals surface area contributed by atoms with Crippen molar-refractivity contribution < 1.29 is 0 Å². The summed E-state index contributed by atoms with van der Waals surface area (Å²) in [7, 11) is 0. The average molecular weight is 875 g/mol. The summed E-state index contributed by atoms with van der Waals surface area (Å²) in [4.78, 5) is 39.5. The standard InChI is InChI=1S/C60H42N8/c1-39-36-49(37-40(2)62-39)51-27-15-26-50(54(51)52-24-12-13-25-53(52)60-67-56(44-18-8-4-9-19-44)64-57(68-60)45-20-10-5-11-21-45)42-28-30-46(31-29-42)58-63-55(43-16-6-3-7-17-43)65-59(66-58)48-23-14-22-47(38-48)41-32-34-61-35-33-41/h3-38H,1-2H3. The highest BCUT2D eigenvalue weighted by Gasteiger charge is 2.22. The van der Waals surface area contributed by atoms with E-state index in [0.29, 0.717) is 34.9 Å². The fourth-order valence-corrected chi connectivity index (χ4v) is 8.67. The van der Waals surface area contributed by atoms with E-state index in [4.69, 9.17) is 34.9 Å². The van der Waals surface area contributed by atoms with Crippen molar-refractivity contribution in [1.82, 2.24) is 39.9 Å². The van der Waals surface area contributed by atoms with Crippen LogP contribution in [0.1, 0.15) is 11.4 Å². The van der Waals surface area contributed by atoms with Crippen LogP contribution in [0, 0.1) is 13.8 Å². The average Bonchev–Trinajstić information content (AvgIpc) is 3.41. The minimum atomic E-state index is 0.579. The Morgan fingerprint density at radius 2 is 0.618 bits per heavy atom. The molecule has 0 radical (unpaired) electrons. The second-order valence-electron chi connectivity index (χ2n) is 16.5. The molecule has 0 saturated heterocycles. The van der Waals surface area contributed by atoms with E-state index in [1.807, 2.05) is 135 Å². The maximum Gasteiger partial charge on any atom is 0.164 e. The Balaban J connectivity index is 1.07. The van der Waals surface area contributed by atoms with Crippen LogP contribution in [0.3, 0.4) is 0 Å². The molecule has 68 heavy (non-hydrogen) atoms. The molecule has 322 valence electrons. The van der Waals surface area contributed by atoms with Crippen molar-refractivity contribution in [3.63, 3.8) is 0 Å². The van der Waals surface area contributed by atoms with Gasteiger partial charge >= 0.3 is 0 Å². The van der Waals surface area contributed by atoms with E-state index in [0.717, 1.165) is 89.3 Å². The molecule has 8 nitrogen and oxygen atoms in total. The highest BCUT2D eigenvalue weighted by atomic mass is 15.0. The van der Waals surface area contributed by atoms with Crippen LogP contribution >= 0.6 is 0 Å². The molecule has 0 aliphatic rings. The molecule has 0 bridgehead atoms. The van der Waals surface area contributed by atoms with Gasteiger partial charge in [0.15, 0.2) is 34.9 Å². The molecule has 0 saturated carbocycles. The van der Waals surface area contributed by atoms with Gasteiger partial charge in [-0.25, -0.2) is 29.9 Å². The Morgan fingerprint density at radius 3 is 1.16 bits per heavy atom. The van der Waals surface area contributed by atoms with E-state index < -0.39 is 0 Å². The first kappa shape index (κ1) is 41.6. The van der Waals surface area contributed by atoms with Crippen LogP contribution in [0.4, 0.5) is 0 Å². The first-order chi connectivity index (χ1) is 33.5.